The fourth-order valence-corrected chi connectivity index (χ4v) is 4.38. The first-order valence-electron chi connectivity index (χ1n) is 11.3. The average molecular weight is 529 g/mol. The number of likely N-dealkylation sites (N-methyl/N-ethyl adjacent to an activating group) is 2. The minimum atomic E-state index is 0. The number of hydrogen-bond acceptors (Lipinski definition) is 4. The summed E-state index contributed by atoms with van der Waals surface area (Å²) in [6.07, 6.45) is 2.32. The molecule has 1 aromatic rings. The summed E-state index contributed by atoms with van der Waals surface area (Å²) in [5.74, 6) is 0.976. The molecule has 2 fully saturated rings. The largest absolute Gasteiger partial charge is 0.357 e. The minimum Gasteiger partial charge on any atom is -0.357 e. The quantitative estimate of drug-likeness (QED) is 0.338. The Balaban J connectivity index is 0.00000320. The molecule has 0 amide bonds. The van der Waals surface area contributed by atoms with Gasteiger partial charge in [-0.25, -0.2) is 0 Å². The third-order valence-electron chi connectivity index (χ3n) is 6.48. The van der Waals surface area contributed by atoms with Crippen molar-refractivity contribution in [2.24, 2.45) is 4.99 Å². The maximum Gasteiger partial charge on any atom is 0.191 e. The SMILES string of the molecule is CCNC(=NCC1CN(C)CCN1C)NC1CCN(C(C)c2ccccc2)CC1.I. The number of nitrogens with zero attached hydrogens (tertiary/aromatic N) is 4. The molecule has 2 aliphatic heterocycles. The molecule has 2 atom stereocenters. The van der Waals surface area contributed by atoms with E-state index >= 15 is 0 Å². The highest BCUT2D eigenvalue weighted by Gasteiger charge is 2.25. The summed E-state index contributed by atoms with van der Waals surface area (Å²) >= 11 is 0. The molecule has 0 aliphatic carbocycles. The number of piperazine rings is 1. The van der Waals surface area contributed by atoms with Crippen molar-refractivity contribution in [1.82, 2.24) is 25.3 Å². The summed E-state index contributed by atoms with van der Waals surface area (Å²) in [7, 11) is 4.43. The highest BCUT2D eigenvalue weighted by Crippen LogP contribution is 2.24. The van der Waals surface area contributed by atoms with Crippen LogP contribution in [0, 0.1) is 0 Å². The third kappa shape index (κ3) is 7.35. The van der Waals surface area contributed by atoms with Crippen LogP contribution < -0.4 is 10.6 Å². The zero-order chi connectivity index (χ0) is 20.6. The van der Waals surface area contributed by atoms with Crippen LogP contribution in [-0.2, 0) is 0 Å². The van der Waals surface area contributed by atoms with E-state index in [1.807, 2.05) is 0 Å². The number of hydrogen-bond donors (Lipinski definition) is 2. The van der Waals surface area contributed by atoms with E-state index in [-0.39, 0.29) is 24.0 Å². The molecule has 6 nitrogen and oxygen atoms in total. The van der Waals surface area contributed by atoms with Gasteiger partial charge in [-0.05, 0) is 46.3 Å². The van der Waals surface area contributed by atoms with Gasteiger partial charge < -0.3 is 15.5 Å². The molecule has 2 heterocycles. The third-order valence-corrected chi connectivity index (χ3v) is 6.48. The van der Waals surface area contributed by atoms with Crippen LogP contribution in [0.1, 0.15) is 38.3 Å². The van der Waals surface area contributed by atoms with E-state index in [0.717, 1.165) is 64.6 Å². The second kappa shape index (κ2) is 12.8. The maximum atomic E-state index is 4.93. The van der Waals surface area contributed by atoms with Crippen LogP contribution in [0.4, 0.5) is 0 Å². The highest BCUT2D eigenvalue weighted by molar-refractivity contribution is 14.0. The average Bonchev–Trinajstić information content (AvgIpc) is 2.75. The molecular formula is C23H41IN6. The zero-order valence-electron chi connectivity index (χ0n) is 19.2. The lowest BCUT2D eigenvalue weighted by Gasteiger charge is -2.38. The Kier molecular flexibility index (Phi) is 10.8. The molecule has 170 valence electrons. The fourth-order valence-electron chi connectivity index (χ4n) is 4.38. The van der Waals surface area contributed by atoms with Gasteiger partial charge in [0.1, 0.15) is 0 Å². The summed E-state index contributed by atoms with van der Waals surface area (Å²) in [5, 5.41) is 7.15. The van der Waals surface area contributed by atoms with Gasteiger partial charge in [0.05, 0.1) is 6.54 Å². The molecule has 0 spiro atoms. The lowest BCUT2D eigenvalue weighted by molar-refractivity contribution is 0.119. The van der Waals surface area contributed by atoms with Crippen molar-refractivity contribution >= 4 is 29.9 Å². The van der Waals surface area contributed by atoms with Crippen molar-refractivity contribution in [1.29, 1.82) is 0 Å². The first-order valence-corrected chi connectivity index (χ1v) is 11.3. The van der Waals surface area contributed by atoms with Crippen LogP contribution in [-0.4, -0.2) is 92.7 Å². The van der Waals surface area contributed by atoms with Crippen molar-refractivity contribution in [3.8, 4) is 0 Å². The number of piperidine rings is 1. The van der Waals surface area contributed by atoms with Gasteiger partial charge in [-0.2, -0.15) is 0 Å². The summed E-state index contributed by atoms with van der Waals surface area (Å²) in [4.78, 5) is 12.4. The molecule has 2 aliphatic rings. The first-order chi connectivity index (χ1) is 14.1. The van der Waals surface area contributed by atoms with Crippen LogP contribution in [0.2, 0.25) is 0 Å². The van der Waals surface area contributed by atoms with Crippen LogP contribution in [0.15, 0.2) is 35.3 Å². The second-order valence-corrected chi connectivity index (χ2v) is 8.66. The van der Waals surface area contributed by atoms with E-state index in [1.54, 1.807) is 0 Å². The van der Waals surface area contributed by atoms with Gasteiger partial charge in [0.25, 0.3) is 0 Å². The number of nitrogens with one attached hydrogen (secondary N) is 2. The van der Waals surface area contributed by atoms with Gasteiger partial charge in [-0.1, -0.05) is 30.3 Å². The van der Waals surface area contributed by atoms with Crippen molar-refractivity contribution in [3.63, 3.8) is 0 Å². The predicted octanol–water partition coefficient (Wildman–Crippen LogP) is 2.63. The van der Waals surface area contributed by atoms with Crippen molar-refractivity contribution in [2.45, 2.75) is 44.8 Å². The standard InChI is InChI=1S/C23H40N6.HI/c1-5-24-23(25-17-22-18-27(3)15-16-28(22)4)26-21-11-13-29(14-12-21)19(2)20-9-7-6-8-10-20;/h6-10,19,21-22H,5,11-18H2,1-4H3,(H2,24,25,26);1H. The Morgan fingerprint density at radius 2 is 1.80 bits per heavy atom. The van der Waals surface area contributed by atoms with Crippen molar-refractivity contribution in [3.05, 3.63) is 35.9 Å². The normalized spacial score (nSPS) is 23.6. The molecule has 2 unspecified atom stereocenters. The fraction of sp³-hybridized carbons (Fsp3) is 0.696. The van der Waals surface area contributed by atoms with Crippen LogP contribution in [0.5, 0.6) is 0 Å². The lowest BCUT2D eigenvalue weighted by Crippen LogP contribution is -2.52. The maximum absolute atomic E-state index is 4.93. The summed E-state index contributed by atoms with van der Waals surface area (Å²) in [6, 6.07) is 12.3. The molecule has 2 saturated heterocycles. The number of aliphatic imine (C=N–C) groups is 1. The Labute approximate surface area is 200 Å². The molecular weight excluding hydrogens is 487 g/mol. The van der Waals surface area contributed by atoms with E-state index in [2.05, 4.69) is 83.6 Å². The van der Waals surface area contributed by atoms with Crippen LogP contribution in [0.25, 0.3) is 0 Å². The van der Waals surface area contributed by atoms with Crippen LogP contribution >= 0.6 is 24.0 Å². The topological polar surface area (TPSA) is 46.1 Å². The van der Waals surface area contributed by atoms with Gasteiger partial charge >= 0.3 is 0 Å². The summed E-state index contributed by atoms with van der Waals surface area (Å²) in [5.41, 5.74) is 1.41. The van der Waals surface area contributed by atoms with Gasteiger partial charge in [0, 0.05) is 57.4 Å². The number of rotatable bonds is 6. The van der Waals surface area contributed by atoms with Gasteiger partial charge in [0.2, 0.25) is 0 Å². The molecule has 0 radical (unpaired) electrons. The summed E-state index contributed by atoms with van der Waals surface area (Å²) < 4.78 is 0. The van der Waals surface area contributed by atoms with Crippen molar-refractivity contribution < 1.29 is 0 Å². The van der Waals surface area contributed by atoms with E-state index in [1.165, 1.54) is 5.56 Å². The molecule has 30 heavy (non-hydrogen) atoms. The van der Waals surface area contributed by atoms with E-state index < -0.39 is 0 Å². The molecule has 2 N–H and O–H groups in total. The number of benzene rings is 1. The Hall–Kier alpha value is -0.900. The Morgan fingerprint density at radius 3 is 2.47 bits per heavy atom. The Morgan fingerprint density at radius 1 is 1.10 bits per heavy atom. The van der Waals surface area contributed by atoms with Gasteiger partial charge in [-0.3, -0.25) is 14.8 Å². The predicted molar refractivity (Wildman–Crippen MR) is 138 cm³/mol. The van der Waals surface area contributed by atoms with E-state index in [9.17, 15) is 0 Å². The Bertz CT molecular complexity index is 632. The molecule has 3 rings (SSSR count). The van der Waals surface area contributed by atoms with E-state index in [0.29, 0.717) is 18.1 Å². The molecule has 0 bridgehead atoms. The molecule has 1 aromatic carbocycles. The number of likely N-dealkylation sites (tertiary alicyclic amines) is 1. The van der Waals surface area contributed by atoms with Gasteiger partial charge in [0.15, 0.2) is 5.96 Å². The number of halogens is 1. The molecule has 0 saturated carbocycles. The summed E-state index contributed by atoms with van der Waals surface area (Å²) in [6.45, 7) is 11.8. The zero-order valence-corrected chi connectivity index (χ0v) is 21.5. The van der Waals surface area contributed by atoms with Crippen molar-refractivity contribution in [2.75, 3.05) is 59.9 Å². The lowest BCUT2D eigenvalue weighted by atomic mass is 10.0. The second-order valence-electron chi connectivity index (χ2n) is 8.66. The highest BCUT2D eigenvalue weighted by atomic mass is 127. The van der Waals surface area contributed by atoms with Crippen LogP contribution in [0.3, 0.4) is 0 Å². The smallest absolute Gasteiger partial charge is 0.191 e. The monoisotopic (exact) mass is 528 g/mol. The number of guanidine groups is 1. The minimum absolute atomic E-state index is 0. The molecule has 0 aromatic heterocycles. The van der Waals surface area contributed by atoms with E-state index in [4.69, 9.17) is 4.99 Å². The molecule has 7 heteroatoms. The first kappa shape index (κ1) is 25.4. The van der Waals surface area contributed by atoms with Gasteiger partial charge in [-0.15, -0.1) is 24.0 Å².